The summed E-state index contributed by atoms with van der Waals surface area (Å²) in [5, 5.41) is 14.2. The first-order chi connectivity index (χ1) is 12.2. The largest absolute Gasteiger partial charge is 0.507 e. The van der Waals surface area contributed by atoms with Crippen LogP contribution in [0.25, 0.3) is 10.8 Å². The van der Waals surface area contributed by atoms with Crippen LogP contribution in [-0.4, -0.2) is 35.9 Å². The quantitative estimate of drug-likeness (QED) is 0.798. The molecule has 0 aliphatic rings. The Labute approximate surface area is 153 Å². The second kappa shape index (κ2) is 8.08. The number of alkyl carbamates (subject to hydrolysis) is 1. The molecule has 140 valence electrons. The van der Waals surface area contributed by atoms with E-state index >= 15 is 0 Å². The lowest BCUT2D eigenvalue weighted by Crippen LogP contribution is -2.44. The van der Waals surface area contributed by atoms with Crippen LogP contribution in [-0.2, 0) is 20.7 Å². The molecule has 0 saturated heterocycles. The Morgan fingerprint density at radius 1 is 1.12 bits per heavy atom. The number of carbonyl (C=O) groups is 2. The molecule has 1 amide bonds. The molecular weight excluding hydrogens is 334 g/mol. The fourth-order valence-corrected chi connectivity index (χ4v) is 2.70. The fourth-order valence-electron chi connectivity index (χ4n) is 2.70. The number of phenolic OH excluding ortho intramolecular Hbond substituents is 1. The Hall–Kier alpha value is -2.76. The minimum Gasteiger partial charge on any atom is -0.507 e. The number of benzene rings is 2. The first-order valence-electron chi connectivity index (χ1n) is 8.48. The maximum atomic E-state index is 12.0. The highest BCUT2D eigenvalue weighted by molar-refractivity contribution is 5.90. The van der Waals surface area contributed by atoms with Gasteiger partial charge in [-0.1, -0.05) is 30.3 Å². The third-order valence-electron chi connectivity index (χ3n) is 3.87. The highest BCUT2D eigenvalue weighted by atomic mass is 16.6. The SMILES string of the molecule is COC(=O)[C@H](CCc1ccc(O)c2ccccc12)NC(=O)OC(C)(C)C. The van der Waals surface area contributed by atoms with E-state index in [4.69, 9.17) is 9.47 Å². The second-order valence-electron chi connectivity index (χ2n) is 7.05. The van der Waals surface area contributed by atoms with E-state index in [1.807, 2.05) is 30.3 Å². The minimum atomic E-state index is -0.817. The molecule has 0 saturated carbocycles. The van der Waals surface area contributed by atoms with Gasteiger partial charge in [-0.3, -0.25) is 0 Å². The number of rotatable bonds is 5. The summed E-state index contributed by atoms with van der Waals surface area (Å²) in [6, 6.07) is 10.1. The van der Waals surface area contributed by atoms with Crippen molar-refractivity contribution in [1.82, 2.24) is 5.32 Å². The van der Waals surface area contributed by atoms with Gasteiger partial charge in [-0.05, 0) is 50.6 Å². The van der Waals surface area contributed by atoms with Crippen molar-refractivity contribution in [3.8, 4) is 5.75 Å². The molecule has 0 aliphatic carbocycles. The van der Waals surface area contributed by atoms with Crippen molar-refractivity contribution in [1.29, 1.82) is 0 Å². The van der Waals surface area contributed by atoms with E-state index in [1.54, 1.807) is 26.8 Å². The Bertz CT molecular complexity index is 794. The fraction of sp³-hybridized carbons (Fsp3) is 0.400. The molecule has 0 bridgehead atoms. The number of aryl methyl sites for hydroxylation is 1. The van der Waals surface area contributed by atoms with Crippen molar-refractivity contribution in [3.63, 3.8) is 0 Å². The molecule has 0 spiro atoms. The van der Waals surface area contributed by atoms with Crippen molar-refractivity contribution < 1.29 is 24.2 Å². The maximum absolute atomic E-state index is 12.0. The number of nitrogens with one attached hydrogen (secondary N) is 1. The zero-order valence-corrected chi connectivity index (χ0v) is 15.5. The van der Waals surface area contributed by atoms with Gasteiger partial charge in [0.2, 0.25) is 0 Å². The number of esters is 1. The summed E-state index contributed by atoms with van der Waals surface area (Å²) in [6.45, 7) is 5.26. The predicted molar refractivity (Wildman–Crippen MR) is 99.1 cm³/mol. The summed E-state index contributed by atoms with van der Waals surface area (Å²) >= 11 is 0. The Balaban J connectivity index is 2.14. The van der Waals surface area contributed by atoms with Crippen molar-refractivity contribution in [3.05, 3.63) is 42.0 Å². The van der Waals surface area contributed by atoms with Crippen LogP contribution in [0.5, 0.6) is 5.75 Å². The first-order valence-corrected chi connectivity index (χ1v) is 8.48. The van der Waals surface area contributed by atoms with Gasteiger partial charge in [0.1, 0.15) is 17.4 Å². The number of phenols is 1. The normalized spacial score (nSPS) is 12.5. The maximum Gasteiger partial charge on any atom is 0.408 e. The van der Waals surface area contributed by atoms with Crippen LogP contribution in [0.1, 0.15) is 32.8 Å². The predicted octanol–water partition coefficient (Wildman–Crippen LogP) is 3.54. The van der Waals surface area contributed by atoms with Crippen molar-refractivity contribution in [2.75, 3.05) is 7.11 Å². The highest BCUT2D eigenvalue weighted by Gasteiger charge is 2.25. The highest BCUT2D eigenvalue weighted by Crippen LogP contribution is 2.28. The van der Waals surface area contributed by atoms with Gasteiger partial charge in [-0.2, -0.15) is 0 Å². The van der Waals surface area contributed by atoms with E-state index in [9.17, 15) is 14.7 Å². The van der Waals surface area contributed by atoms with Crippen LogP contribution in [0.15, 0.2) is 36.4 Å². The molecule has 2 rings (SSSR count). The summed E-state index contributed by atoms with van der Waals surface area (Å²) in [5.74, 6) is -0.320. The van der Waals surface area contributed by atoms with Crippen LogP contribution in [0.2, 0.25) is 0 Å². The molecule has 6 heteroatoms. The second-order valence-corrected chi connectivity index (χ2v) is 7.05. The smallest absolute Gasteiger partial charge is 0.408 e. The lowest BCUT2D eigenvalue weighted by Gasteiger charge is -2.22. The van der Waals surface area contributed by atoms with Gasteiger partial charge in [-0.25, -0.2) is 9.59 Å². The van der Waals surface area contributed by atoms with E-state index < -0.39 is 23.7 Å². The number of aromatic hydroxyl groups is 1. The Kier molecular flexibility index (Phi) is 6.08. The van der Waals surface area contributed by atoms with Gasteiger partial charge < -0.3 is 19.9 Å². The van der Waals surface area contributed by atoms with E-state index in [-0.39, 0.29) is 5.75 Å². The number of amides is 1. The zero-order chi connectivity index (χ0) is 19.3. The number of methoxy groups -OCH3 is 1. The molecule has 2 N–H and O–H groups in total. The zero-order valence-electron chi connectivity index (χ0n) is 15.5. The van der Waals surface area contributed by atoms with Gasteiger partial charge in [-0.15, -0.1) is 0 Å². The van der Waals surface area contributed by atoms with Gasteiger partial charge in [0.25, 0.3) is 0 Å². The molecule has 0 fully saturated rings. The summed E-state index contributed by atoms with van der Waals surface area (Å²) in [7, 11) is 1.28. The molecule has 0 aliphatic heterocycles. The number of ether oxygens (including phenoxy) is 2. The van der Waals surface area contributed by atoms with Crippen LogP contribution in [0, 0.1) is 0 Å². The van der Waals surface area contributed by atoms with Crippen LogP contribution < -0.4 is 5.32 Å². The summed E-state index contributed by atoms with van der Waals surface area (Å²) < 4.78 is 10.00. The Morgan fingerprint density at radius 3 is 2.38 bits per heavy atom. The molecule has 6 nitrogen and oxygen atoms in total. The van der Waals surface area contributed by atoms with Gasteiger partial charge in [0.15, 0.2) is 0 Å². The molecule has 0 heterocycles. The van der Waals surface area contributed by atoms with Gasteiger partial charge in [0, 0.05) is 5.39 Å². The topological polar surface area (TPSA) is 84.9 Å². The number of hydrogen-bond acceptors (Lipinski definition) is 5. The van der Waals surface area contributed by atoms with E-state index in [0.29, 0.717) is 12.8 Å². The van der Waals surface area contributed by atoms with Crippen LogP contribution in [0.3, 0.4) is 0 Å². The number of hydrogen-bond donors (Lipinski definition) is 2. The number of carbonyl (C=O) groups excluding carboxylic acids is 2. The monoisotopic (exact) mass is 359 g/mol. The molecule has 2 aromatic rings. The van der Waals surface area contributed by atoms with Gasteiger partial charge >= 0.3 is 12.1 Å². The summed E-state index contributed by atoms with van der Waals surface area (Å²) in [5.41, 5.74) is 0.316. The standard InChI is InChI=1S/C20H25NO5/c1-20(2,3)26-19(24)21-16(18(23)25-4)11-9-13-10-12-17(22)15-8-6-5-7-14(13)15/h5-8,10,12,16,22H,9,11H2,1-4H3,(H,21,24)/t16-/m0/s1. The lowest BCUT2D eigenvalue weighted by molar-refractivity contribution is -0.143. The first kappa shape index (κ1) is 19.6. The van der Waals surface area contributed by atoms with Crippen molar-refractivity contribution >= 4 is 22.8 Å². The molecule has 26 heavy (non-hydrogen) atoms. The van der Waals surface area contributed by atoms with Crippen molar-refractivity contribution in [2.24, 2.45) is 0 Å². The van der Waals surface area contributed by atoms with E-state index in [2.05, 4.69) is 5.32 Å². The lowest BCUT2D eigenvalue weighted by atomic mass is 9.98. The van der Waals surface area contributed by atoms with E-state index in [1.165, 1.54) is 7.11 Å². The molecule has 2 aromatic carbocycles. The minimum absolute atomic E-state index is 0.209. The summed E-state index contributed by atoms with van der Waals surface area (Å²) in [4.78, 5) is 24.0. The number of fused-ring (bicyclic) bond motifs is 1. The average Bonchev–Trinajstić information content (AvgIpc) is 2.58. The van der Waals surface area contributed by atoms with Crippen molar-refractivity contribution in [2.45, 2.75) is 45.3 Å². The molecular formula is C20H25NO5. The van der Waals surface area contributed by atoms with Gasteiger partial charge in [0.05, 0.1) is 7.11 Å². The average molecular weight is 359 g/mol. The molecule has 0 unspecified atom stereocenters. The molecule has 0 aromatic heterocycles. The Morgan fingerprint density at radius 2 is 1.77 bits per heavy atom. The third kappa shape index (κ3) is 5.12. The molecule has 0 radical (unpaired) electrons. The van der Waals surface area contributed by atoms with Crippen LogP contribution in [0.4, 0.5) is 4.79 Å². The third-order valence-corrected chi connectivity index (χ3v) is 3.87. The van der Waals surface area contributed by atoms with E-state index in [0.717, 1.165) is 16.3 Å². The molecule has 1 atom stereocenters. The summed E-state index contributed by atoms with van der Waals surface area (Å²) in [6.07, 6.45) is 0.209. The van der Waals surface area contributed by atoms with Crippen LogP contribution >= 0.6 is 0 Å².